The first-order chi connectivity index (χ1) is 8.49. The molecule has 1 aromatic heterocycles. The molecule has 0 aliphatic heterocycles. The summed E-state index contributed by atoms with van der Waals surface area (Å²) in [6, 6.07) is 0. The van der Waals surface area contributed by atoms with Crippen LogP contribution in [0.4, 0.5) is 11.6 Å². The van der Waals surface area contributed by atoms with Gasteiger partial charge in [0.1, 0.15) is 5.69 Å². The molecular weight excluding hydrogens is 256 g/mol. The molecule has 100 valence electrons. The molecule has 0 aromatic carbocycles. The monoisotopic (exact) mass is 272 g/mol. The number of nitro groups is 1. The number of rotatable bonds is 6. The van der Waals surface area contributed by atoms with E-state index in [0.717, 1.165) is 0 Å². The highest BCUT2D eigenvalue weighted by atomic mass is 32.2. The van der Waals surface area contributed by atoms with Crippen molar-refractivity contribution >= 4 is 23.4 Å². The van der Waals surface area contributed by atoms with E-state index in [1.165, 1.54) is 11.8 Å². The Hall–Kier alpha value is -1.41. The number of nitrogens with one attached hydrogen (secondary N) is 1. The summed E-state index contributed by atoms with van der Waals surface area (Å²) in [5.41, 5.74) is 0.266. The molecule has 1 rings (SSSR count). The molecule has 1 unspecified atom stereocenters. The Morgan fingerprint density at radius 1 is 1.56 bits per heavy atom. The van der Waals surface area contributed by atoms with Crippen molar-refractivity contribution < 1.29 is 10.0 Å². The lowest BCUT2D eigenvalue weighted by atomic mass is 10.2. The van der Waals surface area contributed by atoms with Crippen molar-refractivity contribution in [2.24, 2.45) is 5.92 Å². The summed E-state index contributed by atoms with van der Waals surface area (Å²) in [4.78, 5) is 18.6. The molecule has 0 saturated carbocycles. The molecule has 18 heavy (non-hydrogen) atoms. The molecule has 0 saturated heterocycles. The van der Waals surface area contributed by atoms with Crippen LogP contribution in [0.1, 0.15) is 12.6 Å². The first-order valence-corrected chi connectivity index (χ1v) is 6.42. The fraction of sp³-hybridized carbons (Fsp3) is 0.600. The van der Waals surface area contributed by atoms with Crippen LogP contribution in [0.3, 0.4) is 0 Å². The minimum atomic E-state index is -0.472. The second kappa shape index (κ2) is 6.50. The smallest absolute Gasteiger partial charge is 0.322 e. The maximum absolute atomic E-state index is 11.0. The quantitative estimate of drug-likeness (QED) is 0.350. The van der Waals surface area contributed by atoms with E-state index in [1.807, 2.05) is 6.92 Å². The summed E-state index contributed by atoms with van der Waals surface area (Å²) in [7, 11) is 1.66. The van der Waals surface area contributed by atoms with Crippen LogP contribution in [0, 0.1) is 23.0 Å². The lowest BCUT2D eigenvalue weighted by Gasteiger charge is -2.09. The molecule has 1 atom stereocenters. The Bertz CT molecular complexity index is 441. The Morgan fingerprint density at radius 3 is 2.72 bits per heavy atom. The van der Waals surface area contributed by atoms with Crippen molar-refractivity contribution in [3.63, 3.8) is 0 Å². The largest absolute Gasteiger partial charge is 0.396 e. The highest BCUT2D eigenvalue weighted by molar-refractivity contribution is 7.99. The van der Waals surface area contributed by atoms with Crippen molar-refractivity contribution in [3.05, 3.63) is 15.8 Å². The first kappa shape index (κ1) is 14.7. The van der Waals surface area contributed by atoms with Gasteiger partial charge in [-0.15, -0.1) is 0 Å². The van der Waals surface area contributed by atoms with Gasteiger partial charge in [0.25, 0.3) is 0 Å². The van der Waals surface area contributed by atoms with Crippen LogP contribution in [0.5, 0.6) is 0 Å². The van der Waals surface area contributed by atoms with Crippen molar-refractivity contribution in [3.8, 4) is 0 Å². The molecule has 2 N–H and O–H groups in total. The second-order valence-electron chi connectivity index (χ2n) is 3.89. The van der Waals surface area contributed by atoms with E-state index in [-0.39, 0.29) is 18.2 Å². The Labute approximate surface area is 109 Å². The van der Waals surface area contributed by atoms with Gasteiger partial charge in [0.15, 0.2) is 5.03 Å². The number of aliphatic hydroxyl groups is 1. The number of thioether (sulfide) groups is 1. The SMILES string of the molecule is CNc1nc(C)c([N+](=O)[O-])c(SCC(C)CO)n1. The molecule has 0 amide bonds. The zero-order valence-corrected chi connectivity index (χ0v) is 11.3. The molecule has 1 aromatic rings. The van der Waals surface area contributed by atoms with Gasteiger partial charge in [-0.1, -0.05) is 18.7 Å². The lowest BCUT2D eigenvalue weighted by molar-refractivity contribution is -0.389. The highest BCUT2D eigenvalue weighted by Crippen LogP contribution is 2.31. The standard InChI is InChI=1S/C10H16N4O3S/c1-6(4-15)5-18-9-8(14(16)17)7(2)12-10(11-3)13-9/h6,15H,4-5H2,1-3H3,(H,11,12,13). The summed E-state index contributed by atoms with van der Waals surface area (Å²) in [6.45, 7) is 3.50. The summed E-state index contributed by atoms with van der Waals surface area (Å²) < 4.78 is 0. The van der Waals surface area contributed by atoms with E-state index in [0.29, 0.717) is 22.4 Å². The minimum Gasteiger partial charge on any atom is -0.396 e. The molecule has 8 heteroatoms. The van der Waals surface area contributed by atoms with E-state index in [9.17, 15) is 10.1 Å². The van der Waals surface area contributed by atoms with E-state index in [1.54, 1.807) is 14.0 Å². The van der Waals surface area contributed by atoms with Gasteiger partial charge < -0.3 is 10.4 Å². The van der Waals surface area contributed by atoms with Crippen molar-refractivity contribution in [1.82, 2.24) is 9.97 Å². The number of hydrogen-bond acceptors (Lipinski definition) is 7. The van der Waals surface area contributed by atoms with E-state index in [4.69, 9.17) is 5.11 Å². The zero-order chi connectivity index (χ0) is 13.7. The predicted molar refractivity (Wildman–Crippen MR) is 69.9 cm³/mol. The third kappa shape index (κ3) is 3.54. The summed E-state index contributed by atoms with van der Waals surface area (Å²) in [6.07, 6.45) is 0. The Kier molecular flexibility index (Phi) is 5.29. The van der Waals surface area contributed by atoms with E-state index in [2.05, 4.69) is 15.3 Å². The van der Waals surface area contributed by atoms with Gasteiger partial charge in [0.05, 0.1) is 4.92 Å². The average molecular weight is 272 g/mol. The van der Waals surface area contributed by atoms with Crippen LogP contribution in [0.25, 0.3) is 0 Å². The molecule has 0 radical (unpaired) electrons. The van der Waals surface area contributed by atoms with Gasteiger partial charge in [-0.05, 0) is 12.8 Å². The van der Waals surface area contributed by atoms with Crippen LogP contribution in [0.15, 0.2) is 5.03 Å². The van der Waals surface area contributed by atoms with E-state index >= 15 is 0 Å². The molecule has 7 nitrogen and oxygen atoms in total. The summed E-state index contributed by atoms with van der Waals surface area (Å²) >= 11 is 1.26. The first-order valence-electron chi connectivity index (χ1n) is 5.44. The van der Waals surface area contributed by atoms with Crippen LogP contribution in [0.2, 0.25) is 0 Å². The molecule has 0 aliphatic carbocycles. The molecule has 0 fully saturated rings. The summed E-state index contributed by atoms with van der Waals surface area (Å²) in [5.74, 6) is 0.983. The average Bonchev–Trinajstić information content (AvgIpc) is 2.34. The van der Waals surface area contributed by atoms with Crippen molar-refractivity contribution in [2.75, 3.05) is 24.7 Å². The van der Waals surface area contributed by atoms with Gasteiger partial charge in [-0.3, -0.25) is 10.1 Å². The van der Waals surface area contributed by atoms with Gasteiger partial charge in [0, 0.05) is 19.4 Å². The van der Waals surface area contributed by atoms with Gasteiger partial charge >= 0.3 is 5.69 Å². The number of aliphatic hydroxyl groups excluding tert-OH is 1. The van der Waals surface area contributed by atoms with Crippen LogP contribution in [-0.4, -0.2) is 39.4 Å². The number of anilines is 1. The maximum atomic E-state index is 11.0. The highest BCUT2D eigenvalue weighted by Gasteiger charge is 2.22. The molecule has 0 spiro atoms. The van der Waals surface area contributed by atoms with Gasteiger partial charge in [-0.25, -0.2) is 4.98 Å². The molecule has 0 aliphatic rings. The number of nitrogens with zero attached hydrogens (tertiary/aromatic N) is 3. The molecular formula is C10H16N4O3S. The maximum Gasteiger partial charge on any atom is 0.322 e. The van der Waals surface area contributed by atoms with Crippen LogP contribution < -0.4 is 5.32 Å². The van der Waals surface area contributed by atoms with Crippen LogP contribution in [-0.2, 0) is 0 Å². The second-order valence-corrected chi connectivity index (χ2v) is 4.90. The third-order valence-electron chi connectivity index (χ3n) is 2.25. The number of hydrogen-bond donors (Lipinski definition) is 2. The van der Waals surface area contributed by atoms with Crippen molar-refractivity contribution in [2.45, 2.75) is 18.9 Å². The Morgan fingerprint density at radius 2 is 2.22 bits per heavy atom. The fourth-order valence-corrected chi connectivity index (χ4v) is 2.30. The minimum absolute atomic E-state index is 0.0454. The lowest BCUT2D eigenvalue weighted by Crippen LogP contribution is -2.07. The zero-order valence-electron chi connectivity index (χ0n) is 10.5. The Balaban J connectivity index is 3.05. The van der Waals surface area contributed by atoms with E-state index < -0.39 is 4.92 Å². The van der Waals surface area contributed by atoms with Crippen molar-refractivity contribution in [1.29, 1.82) is 0 Å². The van der Waals surface area contributed by atoms with Gasteiger partial charge in [0.2, 0.25) is 5.95 Å². The summed E-state index contributed by atoms with van der Waals surface area (Å²) in [5, 5.41) is 23.1. The molecule has 1 heterocycles. The fourth-order valence-electron chi connectivity index (χ4n) is 1.24. The topological polar surface area (TPSA) is 101 Å². The third-order valence-corrected chi connectivity index (χ3v) is 3.54. The number of aryl methyl sites for hydroxylation is 1. The molecule has 0 bridgehead atoms. The van der Waals surface area contributed by atoms with Crippen LogP contribution >= 0.6 is 11.8 Å². The van der Waals surface area contributed by atoms with Gasteiger partial charge in [-0.2, -0.15) is 4.98 Å². The predicted octanol–water partition coefficient (Wildman–Crippen LogP) is 1.46. The number of aromatic nitrogens is 2. The normalized spacial score (nSPS) is 12.2.